The Bertz CT molecular complexity index is 1300. The molecule has 2 aromatic carbocycles. The minimum absolute atomic E-state index is 0.0392. The second-order valence-electron chi connectivity index (χ2n) is 11.0. The summed E-state index contributed by atoms with van der Waals surface area (Å²) in [5, 5.41) is 11.0. The van der Waals surface area contributed by atoms with Crippen molar-refractivity contribution < 1.29 is 33.4 Å². The second-order valence-corrected chi connectivity index (χ2v) is 11.0. The lowest BCUT2D eigenvalue weighted by Gasteiger charge is -2.27. The number of hydrogen-bond donors (Lipinski definition) is 4. The molecule has 0 radical (unpaired) electrons. The van der Waals surface area contributed by atoms with Crippen molar-refractivity contribution in [3.63, 3.8) is 0 Å². The molecule has 0 saturated carbocycles. The highest BCUT2D eigenvalue weighted by Gasteiger charge is 2.30. The van der Waals surface area contributed by atoms with Gasteiger partial charge in [0, 0.05) is 32.1 Å². The number of carbonyl (C=O) groups excluding carboxylic acids is 5. The second kappa shape index (κ2) is 18.1. The van der Waals surface area contributed by atoms with Crippen LogP contribution in [0.2, 0.25) is 0 Å². The fourth-order valence-corrected chi connectivity index (χ4v) is 4.69. The van der Waals surface area contributed by atoms with Gasteiger partial charge in [0.05, 0.1) is 12.6 Å². The van der Waals surface area contributed by atoms with E-state index in [2.05, 4.69) is 21.3 Å². The van der Waals surface area contributed by atoms with Crippen LogP contribution in [0, 0.1) is 5.92 Å². The van der Waals surface area contributed by atoms with E-state index in [-0.39, 0.29) is 38.1 Å². The Morgan fingerprint density at radius 2 is 1.53 bits per heavy atom. The average Bonchev–Trinajstić information content (AvgIpc) is 3.42. The maximum Gasteiger partial charge on any atom is 0.408 e. The van der Waals surface area contributed by atoms with Gasteiger partial charge in [0.15, 0.2) is 0 Å². The largest absolute Gasteiger partial charge is 0.463 e. The minimum atomic E-state index is -1.04. The van der Waals surface area contributed by atoms with E-state index in [0.717, 1.165) is 11.1 Å². The van der Waals surface area contributed by atoms with Crippen LogP contribution in [0.4, 0.5) is 9.59 Å². The number of ether oxygens (including phenoxy) is 2. The van der Waals surface area contributed by atoms with Crippen molar-refractivity contribution in [2.24, 2.45) is 5.92 Å². The van der Waals surface area contributed by atoms with E-state index in [1.807, 2.05) is 74.5 Å². The van der Waals surface area contributed by atoms with Gasteiger partial charge in [-0.15, -0.1) is 0 Å². The maximum atomic E-state index is 13.7. The number of esters is 1. The molecule has 12 nitrogen and oxygen atoms in total. The summed E-state index contributed by atoms with van der Waals surface area (Å²) in [5.41, 5.74) is 1.60. The number of alkyl carbamates (subject to hydrolysis) is 1. The Morgan fingerprint density at radius 1 is 0.889 bits per heavy atom. The van der Waals surface area contributed by atoms with Gasteiger partial charge in [-0.25, -0.2) is 14.4 Å². The molecule has 1 saturated heterocycles. The van der Waals surface area contributed by atoms with Gasteiger partial charge < -0.3 is 35.6 Å². The number of nitrogens with zero attached hydrogens (tertiary/aromatic N) is 1. The molecular formula is C33H43N5O7. The average molecular weight is 622 g/mol. The number of carbonyl (C=O) groups is 5. The van der Waals surface area contributed by atoms with Crippen molar-refractivity contribution in [3.8, 4) is 0 Å². The zero-order chi connectivity index (χ0) is 32.6. The first-order chi connectivity index (χ1) is 21.6. The smallest absolute Gasteiger partial charge is 0.408 e. The summed E-state index contributed by atoms with van der Waals surface area (Å²) >= 11 is 0. The Morgan fingerprint density at radius 3 is 2.13 bits per heavy atom. The van der Waals surface area contributed by atoms with Crippen LogP contribution in [0.3, 0.4) is 0 Å². The van der Waals surface area contributed by atoms with Gasteiger partial charge in [0.25, 0.3) is 0 Å². The molecule has 1 heterocycles. The normalized spacial score (nSPS) is 14.8. The lowest BCUT2D eigenvalue weighted by atomic mass is 10.0. The van der Waals surface area contributed by atoms with Gasteiger partial charge in [-0.3, -0.25) is 9.59 Å². The third-order valence-corrected chi connectivity index (χ3v) is 6.89. The van der Waals surface area contributed by atoms with E-state index in [1.54, 1.807) is 6.92 Å². The Labute approximate surface area is 263 Å². The lowest BCUT2D eigenvalue weighted by molar-refractivity contribution is -0.137. The Hall–Kier alpha value is -4.87. The summed E-state index contributed by atoms with van der Waals surface area (Å²) in [7, 11) is 0. The highest BCUT2D eigenvalue weighted by atomic mass is 16.5. The van der Waals surface area contributed by atoms with E-state index < -0.39 is 42.0 Å². The van der Waals surface area contributed by atoms with Gasteiger partial charge in [-0.05, 0) is 30.4 Å². The topological polar surface area (TPSA) is 155 Å². The molecule has 0 bridgehead atoms. The summed E-state index contributed by atoms with van der Waals surface area (Å²) in [6, 6.07) is 15.3. The number of rotatable bonds is 16. The third kappa shape index (κ3) is 12.3. The van der Waals surface area contributed by atoms with Crippen molar-refractivity contribution >= 4 is 29.9 Å². The summed E-state index contributed by atoms with van der Waals surface area (Å²) in [5.74, 6) is -1.62. The molecule has 0 aromatic heterocycles. The van der Waals surface area contributed by atoms with E-state index in [0.29, 0.717) is 19.5 Å². The van der Waals surface area contributed by atoms with Crippen LogP contribution < -0.4 is 21.3 Å². The molecule has 3 atom stereocenters. The first-order valence-corrected chi connectivity index (χ1v) is 15.1. The quantitative estimate of drug-likeness (QED) is 0.166. The lowest BCUT2D eigenvalue weighted by Crippen LogP contribution is -2.56. The van der Waals surface area contributed by atoms with Crippen LogP contribution in [-0.4, -0.2) is 79.2 Å². The summed E-state index contributed by atoms with van der Waals surface area (Å²) < 4.78 is 10.3. The van der Waals surface area contributed by atoms with Crippen LogP contribution in [-0.2, 0) is 36.9 Å². The molecule has 12 heteroatoms. The minimum Gasteiger partial charge on any atom is -0.463 e. The van der Waals surface area contributed by atoms with Crippen molar-refractivity contribution in [2.45, 2.75) is 58.3 Å². The van der Waals surface area contributed by atoms with Crippen LogP contribution in [0.15, 0.2) is 72.8 Å². The molecule has 1 fully saturated rings. The van der Waals surface area contributed by atoms with Gasteiger partial charge >= 0.3 is 18.1 Å². The Kier molecular flexibility index (Phi) is 13.9. The highest BCUT2D eigenvalue weighted by Crippen LogP contribution is 2.10. The van der Waals surface area contributed by atoms with Crippen LogP contribution in [0.1, 0.15) is 38.3 Å². The van der Waals surface area contributed by atoms with Crippen LogP contribution in [0.25, 0.3) is 0 Å². The third-order valence-electron chi connectivity index (χ3n) is 6.89. The molecule has 1 aliphatic heterocycles. The predicted molar refractivity (Wildman–Crippen MR) is 168 cm³/mol. The number of hydrogen-bond acceptors (Lipinski definition) is 7. The summed E-state index contributed by atoms with van der Waals surface area (Å²) in [4.78, 5) is 65.7. The van der Waals surface area contributed by atoms with Gasteiger partial charge in [-0.1, -0.05) is 80.6 Å². The fraction of sp³-hybridized carbons (Fsp3) is 0.424. The number of benzene rings is 2. The van der Waals surface area contributed by atoms with Crippen molar-refractivity contribution in [3.05, 3.63) is 83.9 Å². The number of amides is 5. The molecule has 4 N–H and O–H groups in total. The molecule has 5 amide bonds. The van der Waals surface area contributed by atoms with E-state index >= 15 is 0 Å². The van der Waals surface area contributed by atoms with E-state index in [4.69, 9.17) is 9.47 Å². The molecule has 1 aliphatic rings. The molecular weight excluding hydrogens is 578 g/mol. The van der Waals surface area contributed by atoms with Crippen molar-refractivity contribution in [1.82, 2.24) is 26.2 Å². The van der Waals surface area contributed by atoms with Gasteiger partial charge in [-0.2, -0.15) is 0 Å². The molecule has 45 heavy (non-hydrogen) atoms. The van der Waals surface area contributed by atoms with Crippen molar-refractivity contribution in [1.29, 1.82) is 0 Å². The standard InChI is InChI=1S/C33H43N5O7/c1-4-44-29(39)16-15-26(21-38-18-17-34-32(38)42)35-30(40)28(20-24-11-7-5-8-12-24)36-31(41)27(19-23(2)3)37-33(43)45-22-25-13-9-6-10-14-25/h5-16,23,26-28H,4,17-22H2,1-3H3,(H,34,42)(H,35,40)(H,36,41)(H,37,43)/b16-15+/t26-,27+,28+/m1/s1. The predicted octanol–water partition coefficient (Wildman–Crippen LogP) is 2.68. The van der Waals surface area contributed by atoms with Gasteiger partial charge in [0.1, 0.15) is 18.7 Å². The van der Waals surface area contributed by atoms with Crippen LogP contribution in [0.5, 0.6) is 0 Å². The first kappa shape index (κ1) is 34.6. The van der Waals surface area contributed by atoms with Crippen molar-refractivity contribution in [2.75, 3.05) is 26.2 Å². The number of nitrogens with one attached hydrogen (secondary N) is 4. The summed E-state index contributed by atoms with van der Waals surface area (Å²) in [6.07, 6.45) is 2.38. The zero-order valence-electron chi connectivity index (χ0n) is 26.0. The van der Waals surface area contributed by atoms with Crippen LogP contribution >= 0.6 is 0 Å². The summed E-state index contributed by atoms with van der Waals surface area (Å²) in [6.45, 7) is 6.74. The van der Waals surface area contributed by atoms with E-state index in [9.17, 15) is 24.0 Å². The SMILES string of the molecule is CCOC(=O)/C=C/[C@H](CN1CCNC1=O)NC(=O)[C@H](Cc1ccccc1)NC(=O)[C@H](CC(C)C)NC(=O)OCc1ccccc1. The van der Waals surface area contributed by atoms with E-state index in [1.165, 1.54) is 17.1 Å². The monoisotopic (exact) mass is 621 g/mol. The molecule has 0 unspecified atom stereocenters. The van der Waals surface area contributed by atoms with Gasteiger partial charge in [0.2, 0.25) is 11.8 Å². The first-order valence-electron chi connectivity index (χ1n) is 15.1. The zero-order valence-corrected chi connectivity index (χ0v) is 26.0. The molecule has 242 valence electrons. The number of urea groups is 1. The maximum absolute atomic E-state index is 13.7. The molecule has 2 aromatic rings. The fourth-order valence-electron chi connectivity index (χ4n) is 4.69. The highest BCUT2D eigenvalue weighted by molar-refractivity contribution is 5.92. The molecule has 3 rings (SSSR count). The molecule has 0 aliphatic carbocycles. The Balaban J connectivity index is 1.76. The molecule has 0 spiro atoms.